The van der Waals surface area contributed by atoms with Crippen LogP contribution in [-0.4, -0.2) is 41.1 Å². The molecule has 0 spiro atoms. The maximum absolute atomic E-state index is 10.1. The number of aliphatic hydroxyl groups excluding tert-OH is 3. The van der Waals surface area contributed by atoms with Gasteiger partial charge < -0.3 is 31.4 Å². The molecule has 0 saturated carbocycles. The van der Waals surface area contributed by atoms with Crippen molar-refractivity contribution in [2.24, 2.45) is 0 Å². The van der Waals surface area contributed by atoms with Crippen LogP contribution in [0.25, 0.3) is 0 Å². The van der Waals surface area contributed by atoms with Gasteiger partial charge in [0.1, 0.15) is 0 Å². The Morgan fingerprint density at radius 2 is 1.21 bits per heavy atom. The number of carboxylic acid groups (broad SMARTS) is 1. The van der Waals surface area contributed by atoms with Gasteiger partial charge in [-0.2, -0.15) is 0 Å². The van der Waals surface area contributed by atoms with Crippen LogP contribution in [0.3, 0.4) is 0 Å². The summed E-state index contributed by atoms with van der Waals surface area (Å²) in [6.07, 6.45) is 0. The minimum Gasteiger partial charge on any atom is -0.545 e. The summed E-state index contributed by atoms with van der Waals surface area (Å²) in [7, 11) is 0. The van der Waals surface area contributed by atoms with Crippen LogP contribution in [0.2, 0.25) is 0 Å². The molecule has 6 nitrogen and oxygen atoms in total. The quantitative estimate of drug-likeness (QED) is 0.589. The van der Waals surface area contributed by atoms with E-state index in [4.69, 9.17) is 15.3 Å². The summed E-state index contributed by atoms with van der Waals surface area (Å²) in [5.74, 6) is -1.13. The SMILES string of the molecule is CCO.CCO.CCO.O=C([O-])c1ccccc1.[NH4+]. The maximum Gasteiger partial charge on any atom is 0.0715 e. The molecule has 0 aromatic heterocycles. The molecule has 0 atom stereocenters. The topological polar surface area (TPSA) is 137 Å². The minimum atomic E-state index is -1.13. The van der Waals surface area contributed by atoms with E-state index in [-0.39, 0.29) is 31.5 Å². The van der Waals surface area contributed by atoms with Crippen molar-refractivity contribution in [2.45, 2.75) is 20.8 Å². The van der Waals surface area contributed by atoms with Crippen LogP contribution in [-0.2, 0) is 0 Å². The van der Waals surface area contributed by atoms with E-state index in [2.05, 4.69) is 0 Å². The lowest BCUT2D eigenvalue weighted by Crippen LogP contribution is -2.21. The number of hydrogen-bond acceptors (Lipinski definition) is 5. The summed E-state index contributed by atoms with van der Waals surface area (Å²) in [6.45, 7) is 5.79. The molecule has 0 aliphatic rings. The van der Waals surface area contributed by atoms with Gasteiger partial charge in [0.05, 0.1) is 5.97 Å². The van der Waals surface area contributed by atoms with E-state index in [0.29, 0.717) is 0 Å². The Morgan fingerprint density at radius 3 is 1.37 bits per heavy atom. The largest absolute Gasteiger partial charge is 0.545 e. The molecule has 0 fully saturated rings. The first-order valence-electron chi connectivity index (χ1n) is 5.64. The lowest BCUT2D eigenvalue weighted by atomic mass is 10.2. The van der Waals surface area contributed by atoms with Crippen LogP contribution in [0.5, 0.6) is 0 Å². The number of benzene rings is 1. The van der Waals surface area contributed by atoms with Crippen LogP contribution in [0.4, 0.5) is 0 Å². The van der Waals surface area contributed by atoms with Crippen LogP contribution in [0, 0.1) is 0 Å². The van der Waals surface area contributed by atoms with Crippen molar-refractivity contribution in [3.05, 3.63) is 35.9 Å². The lowest BCUT2D eigenvalue weighted by Gasteiger charge is -1.97. The molecule has 0 aliphatic heterocycles. The predicted molar refractivity (Wildman–Crippen MR) is 75.0 cm³/mol. The molecule has 1 rings (SSSR count). The predicted octanol–water partition coefficient (Wildman–Crippen LogP) is 0.422. The third-order valence-corrected chi connectivity index (χ3v) is 1.01. The van der Waals surface area contributed by atoms with E-state index >= 15 is 0 Å². The van der Waals surface area contributed by atoms with E-state index < -0.39 is 5.97 Å². The first-order chi connectivity index (χ1) is 8.55. The van der Waals surface area contributed by atoms with Gasteiger partial charge in [-0.1, -0.05) is 30.3 Å². The molecular formula is C13H27NO5. The molecule has 6 heteroatoms. The van der Waals surface area contributed by atoms with Crippen molar-refractivity contribution in [1.82, 2.24) is 6.15 Å². The molecule has 19 heavy (non-hydrogen) atoms. The third kappa shape index (κ3) is 31.5. The Kier molecular flexibility index (Phi) is 35.0. The van der Waals surface area contributed by atoms with Crippen molar-refractivity contribution >= 4 is 5.97 Å². The maximum atomic E-state index is 10.1. The average Bonchev–Trinajstić information content (AvgIpc) is 2.33. The molecule has 0 aliphatic carbocycles. The molecule has 0 radical (unpaired) electrons. The molecule has 0 heterocycles. The number of quaternary nitrogens is 1. The van der Waals surface area contributed by atoms with Crippen LogP contribution in [0.15, 0.2) is 30.3 Å². The summed E-state index contributed by atoms with van der Waals surface area (Å²) < 4.78 is 0. The summed E-state index contributed by atoms with van der Waals surface area (Å²) in [6, 6.07) is 8.06. The second-order valence-electron chi connectivity index (χ2n) is 2.60. The number of carbonyl (C=O) groups excluding carboxylic acids is 1. The molecule has 0 saturated heterocycles. The highest BCUT2D eigenvalue weighted by Crippen LogP contribution is 1.94. The van der Waals surface area contributed by atoms with Gasteiger partial charge in [0.25, 0.3) is 0 Å². The first-order valence-corrected chi connectivity index (χ1v) is 5.64. The minimum absolute atomic E-state index is 0. The van der Waals surface area contributed by atoms with E-state index in [9.17, 15) is 9.90 Å². The molecule has 7 N–H and O–H groups in total. The Morgan fingerprint density at radius 1 is 0.947 bits per heavy atom. The fourth-order valence-electron chi connectivity index (χ4n) is 0.574. The average molecular weight is 277 g/mol. The van der Waals surface area contributed by atoms with Gasteiger partial charge in [0.2, 0.25) is 0 Å². The Hall–Kier alpha value is -1.47. The normalized spacial score (nSPS) is 7.05. The van der Waals surface area contributed by atoms with Crippen molar-refractivity contribution in [3.8, 4) is 0 Å². The summed E-state index contributed by atoms with van der Waals surface area (Å²) in [5.41, 5.74) is 0.220. The van der Waals surface area contributed by atoms with Crippen molar-refractivity contribution in [3.63, 3.8) is 0 Å². The molecule has 0 unspecified atom stereocenters. The molecule has 1 aromatic carbocycles. The van der Waals surface area contributed by atoms with Crippen molar-refractivity contribution < 1.29 is 25.2 Å². The Balaban J connectivity index is -0.0000000956. The lowest BCUT2D eigenvalue weighted by molar-refractivity contribution is -0.255. The van der Waals surface area contributed by atoms with E-state index in [0.717, 1.165) is 0 Å². The van der Waals surface area contributed by atoms with Crippen LogP contribution < -0.4 is 11.3 Å². The molecular weight excluding hydrogens is 250 g/mol. The zero-order valence-electron chi connectivity index (χ0n) is 12.2. The van der Waals surface area contributed by atoms with Gasteiger partial charge in [-0.3, -0.25) is 0 Å². The number of aromatic carboxylic acids is 1. The highest BCUT2D eigenvalue weighted by atomic mass is 16.4. The second-order valence-corrected chi connectivity index (χ2v) is 2.60. The monoisotopic (exact) mass is 277 g/mol. The Bertz CT molecular complexity index is 250. The number of hydrogen-bond donors (Lipinski definition) is 4. The van der Waals surface area contributed by atoms with Gasteiger partial charge in [-0.25, -0.2) is 0 Å². The number of aliphatic hydroxyl groups is 3. The highest BCUT2D eigenvalue weighted by molar-refractivity contribution is 5.85. The fourth-order valence-corrected chi connectivity index (χ4v) is 0.574. The zero-order chi connectivity index (χ0) is 14.8. The van der Waals surface area contributed by atoms with Crippen LogP contribution >= 0.6 is 0 Å². The first kappa shape index (κ1) is 26.2. The van der Waals surface area contributed by atoms with E-state index in [1.54, 1.807) is 39.0 Å². The summed E-state index contributed by atoms with van der Waals surface area (Å²) in [5, 5.41) is 32.8. The standard InChI is InChI=1S/C7H6O2.3C2H6O.H3N/c8-7(9)6-4-2-1-3-5-6;3*1-2-3;/h1-5H,(H,8,9);3*3H,2H2,1H3;1H3. The van der Waals surface area contributed by atoms with Gasteiger partial charge in [0, 0.05) is 19.8 Å². The number of carboxylic acids is 1. The van der Waals surface area contributed by atoms with Crippen LogP contribution in [0.1, 0.15) is 31.1 Å². The molecule has 0 bridgehead atoms. The highest BCUT2D eigenvalue weighted by Gasteiger charge is 1.85. The van der Waals surface area contributed by atoms with Gasteiger partial charge in [-0.15, -0.1) is 0 Å². The van der Waals surface area contributed by atoms with Crippen molar-refractivity contribution in [1.29, 1.82) is 0 Å². The smallest absolute Gasteiger partial charge is 0.0715 e. The van der Waals surface area contributed by atoms with Gasteiger partial charge in [-0.05, 0) is 26.3 Å². The third-order valence-electron chi connectivity index (χ3n) is 1.01. The molecule has 114 valence electrons. The summed E-state index contributed by atoms with van der Waals surface area (Å²) in [4.78, 5) is 10.1. The number of rotatable bonds is 1. The Labute approximate surface area is 114 Å². The molecule has 0 amide bonds. The van der Waals surface area contributed by atoms with Gasteiger partial charge >= 0.3 is 0 Å². The molecule has 1 aromatic rings. The summed E-state index contributed by atoms with van der Waals surface area (Å²) >= 11 is 0. The van der Waals surface area contributed by atoms with E-state index in [1.807, 2.05) is 0 Å². The second kappa shape index (κ2) is 25.4. The number of carbonyl (C=O) groups is 1. The van der Waals surface area contributed by atoms with E-state index in [1.165, 1.54) is 12.1 Å². The zero-order valence-corrected chi connectivity index (χ0v) is 12.2. The van der Waals surface area contributed by atoms with Crippen molar-refractivity contribution in [2.75, 3.05) is 19.8 Å². The fraction of sp³-hybridized carbons (Fsp3) is 0.462. The van der Waals surface area contributed by atoms with Gasteiger partial charge in [0.15, 0.2) is 0 Å².